The number of carbonyl (C=O) groups is 2. The van der Waals surface area contributed by atoms with Crippen molar-refractivity contribution in [3.05, 3.63) is 83.9 Å². The Morgan fingerprint density at radius 1 is 0.804 bits per heavy atom. The molecule has 5 nitrogen and oxygen atoms in total. The summed E-state index contributed by atoms with van der Waals surface area (Å²) in [5, 5.41) is 11.7. The third kappa shape index (κ3) is 10.8. The lowest BCUT2D eigenvalue weighted by Crippen LogP contribution is -2.25. The number of carbonyl (C=O) groups excluding carboxylic acids is 2. The van der Waals surface area contributed by atoms with Crippen LogP contribution in [-0.2, 0) is 31.9 Å². The Morgan fingerprint density at radius 3 is 2.09 bits per heavy atom. The maximum absolute atomic E-state index is 12.1. The smallest absolute Gasteiger partial charge is 0.335 e. The largest absolute Gasteiger partial charge is 0.465 e. The SMILES string of the molecule is C=C(CO)C(=O)OCC(COC(=O)C(C)C)Cc1ccc(-c2ccc3cc(CCCCC4CCC(CCC)CC4)ccc3c2)cc1. The number of rotatable bonds is 17. The lowest BCUT2D eigenvalue weighted by molar-refractivity contribution is -0.150. The van der Waals surface area contributed by atoms with Crippen LogP contribution in [0.4, 0.5) is 0 Å². The zero-order valence-corrected chi connectivity index (χ0v) is 28.3. The molecule has 0 spiro atoms. The highest BCUT2D eigenvalue weighted by atomic mass is 16.5. The molecule has 1 N–H and O–H groups in total. The second-order valence-corrected chi connectivity index (χ2v) is 13.7. The topological polar surface area (TPSA) is 72.8 Å². The Balaban J connectivity index is 1.30. The molecule has 1 aliphatic carbocycles. The van der Waals surface area contributed by atoms with Crippen LogP contribution in [0.15, 0.2) is 72.8 Å². The van der Waals surface area contributed by atoms with Gasteiger partial charge in [-0.25, -0.2) is 4.79 Å². The summed E-state index contributed by atoms with van der Waals surface area (Å²) in [6.45, 7) is 9.16. The molecule has 0 aliphatic heterocycles. The first-order chi connectivity index (χ1) is 22.2. The van der Waals surface area contributed by atoms with Crippen LogP contribution in [0.1, 0.15) is 89.7 Å². The molecule has 1 aliphatic rings. The van der Waals surface area contributed by atoms with Gasteiger partial charge in [0.2, 0.25) is 0 Å². The van der Waals surface area contributed by atoms with Gasteiger partial charge in [-0.15, -0.1) is 0 Å². The molecule has 0 amide bonds. The fourth-order valence-electron chi connectivity index (χ4n) is 6.67. The number of unbranched alkanes of at least 4 members (excludes halogenated alkanes) is 1. The van der Waals surface area contributed by atoms with Gasteiger partial charge in [-0.05, 0) is 70.2 Å². The van der Waals surface area contributed by atoms with E-state index < -0.39 is 12.6 Å². The Morgan fingerprint density at radius 2 is 1.41 bits per heavy atom. The molecule has 0 heterocycles. The molecular formula is C41H54O5. The molecule has 3 aromatic carbocycles. The van der Waals surface area contributed by atoms with E-state index in [-0.39, 0.29) is 36.6 Å². The highest BCUT2D eigenvalue weighted by Crippen LogP contribution is 2.34. The first-order valence-corrected chi connectivity index (χ1v) is 17.5. The van der Waals surface area contributed by atoms with Gasteiger partial charge in [-0.1, -0.05) is 133 Å². The molecular weight excluding hydrogens is 572 g/mol. The molecule has 0 aromatic heterocycles. The van der Waals surface area contributed by atoms with Gasteiger partial charge in [-0.3, -0.25) is 4.79 Å². The molecule has 1 fully saturated rings. The molecule has 248 valence electrons. The number of ether oxygens (including phenoxy) is 2. The van der Waals surface area contributed by atoms with E-state index in [0.29, 0.717) is 6.42 Å². The molecule has 0 radical (unpaired) electrons. The van der Waals surface area contributed by atoms with Gasteiger partial charge in [-0.2, -0.15) is 0 Å². The number of aliphatic hydroxyl groups excluding tert-OH is 1. The van der Waals surface area contributed by atoms with Crippen LogP contribution in [0, 0.1) is 23.7 Å². The van der Waals surface area contributed by atoms with E-state index in [9.17, 15) is 9.59 Å². The summed E-state index contributed by atoms with van der Waals surface area (Å²) in [5.41, 5.74) is 4.78. The summed E-state index contributed by atoms with van der Waals surface area (Å²) in [6, 6.07) is 21.9. The Hall–Kier alpha value is -3.44. The zero-order chi connectivity index (χ0) is 32.9. The average Bonchev–Trinajstić information content (AvgIpc) is 3.08. The highest BCUT2D eigenvalue weighted by molar-refractivity contribution is 5.88. The van der Waals surface area contributed by atoms with Crippen molar-refractivity contribution in [3.63, 3.8) is 0 Å². The number of aryl methyl sites for hydroxylation is 1. The molecule has 4 rings (SSSR count). The lowest BCUT2D eigenvalue weighted by Gasteiger charge is -2.28. The van der Waals surface area contributed by atoms with Gasteiger partial charge >= 0.3 is 11.9 Å². The Kier molecular flexibility index (Phi) is 13.9. The van der Waals surface area contributed by atoms with Gasteiger partial charge in [0.1, 0.15) is 0 Å². The lowest BCUT2D eigenvalue weighted by atomic mass is 9.78. The van der Waals surface area contributed by atoms with Crippen LogP contribution >= 0.6 is 0 Å². The van der Waals surface area contributed by atoms with E-state index >= 15 is 0 Å². The quantitative estimate of drug-likeness (QED) is 0.0919. The molecule has 1 atom stereocenters. The Bertz CT molecular complexity index is 1410. The summed E-state index contributed by atoms with van der Waals surface area (Å²) < 4.78 is 10.8. The predicted molar refractivity (Wildman–Crippen MR) is 187 cm³/mol. The first kappa shape index (κ1) is 35.4. The standard InChI is InChI=1S/C41H54O5/c1-5-8-31-11-13-32(14-12-31)9-6-7-10-33-17-20-39-25-38(22-21-37(39)24-33)36-18-15-34(16-19-36)23-35(27-45-40(43)29(2)3)28-46-41(44)30(4)26-42/h15-22,24-25,29,31-32,35,42H,4-14,23,26-28H2,1-3H3. The second kappa shape index (κ2) is 18.0. The third-order valence-electron chi connectivity index (χ3n) is 9.57. The number of fused-ring (bicyclic) bond motifs is 1. The molecule has 3 aromatic rings. The van der Waals surface area contributed by atoms with Crippen LogP contribution in [0.2, 0.25) is 0 Å². The van der Waals surface area contributed by atoms with Crippen molar-refractivity contribution in [1.82, 2.24) is 0 Å². The fourth-order valence-corrected chi connectivity index (χ4v) is 6.67. The number of hydrogen-bond acceptors (Lipinski definition) is 5. The summed E-state index contributed by atoms with van der Waals surface area (Å²) >= 11 is 0. The van der Waals surface area contributed by atoms with Crippen molar-refractivity contribution in [1.29, 1.82) is 0 Å². The van der Waals surface area contributed by atoms with Crippen molar-refractivity contribution in [2.45, 2.75) is 91.4 Å². The number of esters is 2. The van der Waals surface area contributed by atoms with Gasteiger partial charge in [0.25, 0.3) is 0 Å². The summed E-state index contributed by atoms with van der Waals surface area (Å²) in [4.78, 5) is 24.1. The first-order valence-electron chi connectivity index (χ1n) is 17.5. The second-order valence-electron chi connectivity index (χ2n) is 13.7. The molecule has 1 saturated carbocycles. The van der Waals surface area contributed by atoms with Crippen molar-refractivity contribution in [3.8, 4) is 11.1 Å². The van der Waals surface area contributed by atoms with E-state index in [1.165, 1.54) is 79.7 Å². The van der Waals surface area contributed by atoms with Crippen LogP contribution in [-0.4, -0.2) is 36.9 Å². The Labute approximate surface area is 276 Å². The predicted octanol–water partition coefficient (Wildman–Crippen LogP) is 9.28. The van der Waals surface area contributed by atoms with Gasteiger partial charge in [0, 0.05) is 5.92 Å². The van der Waals surface area contributed by atoms with Crippen molar-refractivity contribution in [2.75, 3.05) is 19.8 Å². The maximum atomic E-state index is 12.1. The van der Waals surface area contributed by atoms with Crippen LogP contribution in [0.5, 0.6) is 0 Å². The van der Waals surface area contributed by atoms with Gasteiger partial charge in [0.05, 0.1) is 31.3 Å². The number of hydrogen-bond donors (Lipinski definition) is 1. The van der Waals surface area contributed by atoms with Gasteiger partial charge < -0.3 is 14.6 Å². The number of aliphatic hydroxyl groups is 1. The van der Waals surface area contributed by atoms with Crippen LogP contribution in [0.3, 0.4) is 0 Å². The summed E-state index contributed by atoms with van der Waals surface area (Å²) in [7, 11) is 0. The zero-order valence-electron chi connectivity index (χ0n) is 28.3. The van der Waals surface area contributed by atoms with E-state index in [1.807, 2.05) is 0 Å². The monoisotopic (exact) mass is 626 g/mol. The maximum Gasteiger partial charge on any atom is 0.335 e. The normalized spacial score (nSPS) is 17.2. The molecule has 5 heteroatoms. The minimum atomic E-state index is -0.642. The van der Waals surface area contributed by atoms with Crippen LogP contribution in [0.25, 0.3) is 21.9 Å². The highest BCUT2D eigenvalue weighted by Gasteiger charge is 2.20. The van der Waals surface area contributed by atoms with Crippen molar-refractivity contribution < 1.29 is 24.2 Å². The molecule has 0 saturated heterocycles. The minimum absolute atomic E-state index is 0.000813. The third-order valence-corrected chi connectivity index (χ3v) is 9.57. The van der Waals surface area contributed by atoms with Crippen molar-refractivity contribution in [2.24, 2.45) is 23.7 Å². The number of benzene rings is 3. The minimum Gasteiger partial charge on any atom is -0.465 e. The van der Waals surface area contributed by atoms with Gasteiger partial charge in [0.15, 0.2) is 0 Å². The van der Waals surface area contributed by atoms with E-state index in [4.69, 9.17) is 14.6 Å². The van der Waals surface area contributed by atoms with E-state index in [0.717, 1.165) is 29.4 Å². The summed E-state index contributed by atoms with van der Waals surface area (Å²) in [5.74, 6) is 0.567. The van der Waals surface area contributed by atoms with Crippen LogP contribution < -0.4 is 0 Å². The summed E-state index contributed by atoms with van der Waals surface area (Å²) in [6.07, 6.45) is 14.3. The average molecular weight is 627 g/mol. The molecule has 46 heavy (non-hydrogen) atoms. The molecule has 1 unspecified atom stereocenters. The van der Waals surface area contributed by atoms with E-state index in [2.05, 4.69) is 74.2 Å². The molecule has 0 bridgehead atoms. The van der Waals surface area contributed by atoms with E-state index in [1.54, 1.807) is 13.8 Å². The fraction of sp³-hybridized carbons (Fsp3) is 0.512. The van der Waals surface area contributed by atoms with Crippen molar-refractivity contribution >= 4 is 22.7 Å².